The maximum atomic E-state index is 12.0. The van der Waals surface area contributed by atoms with Crippen molar-refractivity contribution in [2.45, 2.75) is 38.6 Å². The molecular formula is C13H26N2O2. The first-order valence-corrected chi connectivity index (χ1v) is 6.65. The SMILES string of the molecule is CCC1CCC(=O)N(CC(COC)NC)CC1. The molecular weight excluding hydrogens is 216 g/mol. The molecule has 1 aliphatic rings. The third-order valence-corrected chi connectivity index (χ3v) is 3.72. The largest absolute Gasteiger partial charge is 0.383 e. The van der Waals surface area contributed by atoms with Crippen molar-refractivity contribution in [1.29, 1.82) is 0 Å². The Morgan fingerprint density at radius 3 is 2.88 bits per heavy atom. The number of nitrogens with one attached hydrogen (secondary N) is 1. The van der Waals surface area contributed by atoms with Crippen LogP contribution in [0.4, 0.5) is 0 Å². The maximum Gasteiger partial charge on any atom is 0.222 e. The Hall–Kier alpha value is -0.610. The molecule has 0 radical (unpaired) electrons. The summed E-state index contributed by atoms with van der Waals surface area (Å²) in [5, 5.41) is 3.20. The number of amides is 1. The van der Waals surface area contributed by atoms with E-state index in [1.807, 2.05) is 11.9 Å². The molecule has 1 amide bonds. The second-order valence-corrected chi connectivity index (χ2v) is 4.88. The minimum absolute atomic E-state index is 0.238. The van der Waals surface area contributed by atoms with Crippen LogP contribution < -0.4 is 5.32 Å². The minimum Gasteiger partial charge on any atom is -0.383 e. The molecule has 0 aromatic heterocycles. The first-order chi connectivity index (χ1) is 8.21. The normalized spacial score (nSPS) is 23.6. The molecule has 0 aliphatic carbocycles. The van der Waals surface area contributed by atoms with Gasteiger partial charge >= 0.3 is 0 Å². The molecule has 0 aromatic carbocycles. The first kappa shape index (κ1) is 14.5. The van der Waals surface area contributed by atoms with Gasteiger partial charge in [0.15, 0.2) is 0 Å². The van der Waals surface area contributed by atoms with Crippen LogP contribution in [0, 0.1) is 5.92 Å². The van der Waals surface area contributed by atoms with E-state index >= 15 is 0 Å². The van der Waals surface area contributed by atoms with Crippen molar-refractivity contribution in [1.82, 2.24) is 10.2 Å². The number of ether oxygens (including phenoxy) is 1. The molecule has 4 nitrogen and oxygen atoms in total. The Labute approximate surface area is 105 Å². The highest BCUT2D eigenvalue weighted by molar-refractivity contribution is 5.76. The number of hydrogen-bond donors (Lipinski definition) is 1. The van der Waals surface area contributed by atoms with Gasteiger partial charge in [-0.2, -0.15) is 0 Å². The molecule has 0 aromatic rings. The van der Waals surface area contributed by atoms with Crippen molar-refractivity contribution >= 4 is 5.91 Å². The molecule has 0 bridgehead atoms. The van der Waals surface area contributed by atoms with Gasteiger partial charge in [0.1, 0.15) is 0 Å². The van der Waals surface area contributed by atoms with Crippen LogP contribution in [0.3, 0.4) is 0 Å². The molecule has 1 saturated heterocycles. The summed E-state index contributed by atoms with van der Waals surface area (Å²) >= 11 is 0. The Balaban J connectivity index is 2.48. The number of likely N-dealkylation sites (N-methyl/N-ethyl adjacent to an activating group) is 1. The Morgan fingerprint density at radius 2 is 2.29 bits per heavy atom. The van der Waals surface area contributed by atoms with Crippen LogP contribution in [-0.4, -0.2) is 50.7 Å². The van der Waals surface area contributed by atoms with Crippen LogP contribution in [0.5, 0.6) is 0 Å². The highest BCUT2D eigenvalue weighted by atomic mass is 16.5. The fourth-order valence-corrected chi connectivity index (χ4v) is 2.39. The van der Waals surface area contributed by atoms with Crippen molar-refractivity contribution in [2.24, 2.45) is 5.92 Å². The van der Waals surface area contributed by atoms with E-state index in [1.54, 1.807) is 7.11 Å². The minimum atomic E-state index is 0.238. The van der Waals surface area contributed by atoms with E-state index in [1.165, 1.54) is 6.42 Å². The van der Waals surface area contributed by atoms with Gasteiger partial charge in [-0.3, -0.25) is 4.79 Å². The summed E-state index contributed by atoms with van der Waals surface area (Å²) in [7, 11) is 3.61. The number of likely N-dealkylation sites (tertiary alicyclic amines) is 1. The lowest BCUT2D eigenvalue weighted by Crippen LogP contribution is -2.44. The zero-order valence-corrected chi connectivity index (χ0v) is 11.4. The molecule has 4 heteroatoms. The molecule has 1 aliphatic heterocycles. The summed E-state index contributed by atoms with van der Waals surface area (Å²) in [4.78, 5) is 14.0. The van der Waals surface area contributed by atoms with E-state index in [9.17, 15) is 4.79 Å². The van der Waals surface area contributed by atoms with E-state index in [0.29, 0.717) is 18.9 Å². The van der Waals surface area contributed by atoms with Crippen LogP contribution in [0.2, 0.25) is 0 Å². The van der Waals surface area contributed by atoms with E-state index in [4.69, 9.17) is 4.74 Å². The van der Waals surface area contributed by atoms with Gasteiger partial charge < -0.3 is 15.0 Å². The predicted octanol–water partition coefficient (Wildman–Crippen LogP) is 1.26. The summed E-state index contributed by atoms with van der Waals surface area (Å²) < 4.78 is 5.14. The maximum absolute atomic E-state index is 12.0. The van der Waals surface area contributed by atoms with E-state index in [0.717, 1.165) is 31.8 Å². The Kier molecular flexibility index (Phi) is 6.52. The topological polar surface area (TPSA) is 41.6 Å². The summed E-state index contributed by atoms with van der Waals surface area (Å²) in [6.45, 7) is 4.53. The number of rotatable bonds is 6. The third-order valence-electron chi connectivity index (χ3n) is 3.72. The number of nitrogens with zero attached hydrogens (tertiary/aromatic N) is 1. The molecule has 2 atom stereocenters. The monoisotopic (exact) mass is 242 g/mol. The highest BCUT2D eigenvalue weighted by Gasteiger charge is 2.23. The first-order valence-electron chi connectivity index (χ1n) is 6.65. The molecule has 0 saturated carbocycles. The average Bonchev–Trinajstić information content (AvgIpc) is 2.52. The standard InChI is InChI=1S/C13H26N2O2/c1-4-11-5-6-13(16)15(8-7-11)9-12(14-2)10-17-3/h11-12,14H,4-10H2,1-3H3. The van der Waals surface area contributed by atoms with E-state index in [2.05, 4.69) is 12.2 Å². The predicted molar refractivity (Wildman–Crippen MR) is 68.9 cm³/mol. The lowest BCUT2D eigenvalue weighted by molar-refractivity contribution is -0.131. The smallest absolute Gasteiger partial charge is 0.222 e. The molecule has 1 fully saturated rings. The summed E-state index contributed by atoms with van der Waals surface area (Å²) in [5.74, 6) is 1.02. The number of hydrogen-bond acceptors (Lipinski definition) is 3. The van der Waals surface area contributed by atoms with Crippen molar-refractivity contribution in [2.75, 3.05) is 33.9 Å². The van der Waals surface area contributed by atoms with Crippen molar-refractivity contribution in [3.05, 3.63) is 0 Å². The van der Waals surface area contributed by atoms with E-state index < -0.39 is 0 Å². The van der Waals surface area contributed by atoms with Gasteiger partial charge in [0, 0.05) is 32.7 Å². The second-order valence-electron chi connectivity index (χ2n) is 4.88. The molecule has 0 spiro atoms. The van der Waals surface area contributed by atoms with Gasteiger partial charge in [-0.15, -0.1) is 0 Å². The Bertz CT molecular complexity index is 233. The summed E-state index contributed by atoms with van der Waals surface area (Å²) in [6, 6.07) is 0.238. The summed E-state index contributed by atoms with van der Waals surface area (Å²) in [6.07, 6.45) is 4.10. The third kappa shape index (κ3) is 4.64. The molecule has 2 unspecified atom stereocenters. The van der Waals surface area contributed by atoms with Gasteiger partial charge in [-0.1, -0.05) is 13.3 Å². The van der Waals surface area contributed by atoms with Crippen LogP contribution in [-0.2, 0) is 9.53 Å². The molecule has 100 valence electrons. The lowest BCUT2D eigenvalue weighted by atomic mass is 9.98. The van der Waals surface area contributed by atoms with Crippen LogP contribution >= 0.6 is 0 Å². The van der Waals surface area contributed by atoms with Crippen LogP contribution in [0.15, 0.2) is 0 Å². The van der Waals surface area contributed by atoms with Gasteiger partial charge in [0.2, 0.25) is 5.91 Å². The lowest BCUT2D eigenvalue weighted by Gasteiger charge is -2.26. The van der Waals surface area contributed by atoms with E-state index in [-0.39, 0.29) is 6.04 Å². The fraction of sp³-hybridized carbons (Fsp3) is 0.923. The van der Waals surface area contributed by atoms with Crippen LogP contribution in [0.1, 0.15) is 32.6 Å². The number of methoxy groups -OCH3 is 1. The number of carbonyl (C=O) groups excluding carboxylic acids is 1. The van der Waals surface area contributed by atoms with Crippen LogP contribution in [0.25, 0.3) is 0 Å². The van der Waals surface area contributed by atoms with Gasteiger partial charge in [0.25, 0.3) is 0 Å². The van der Waals surface area contributed by atoms with Crippen molar-refractivity contribution in [3.63, 3.8) is 0 Å². The molecule has 1 rings (SSSR count). The fourth-order valence-electron chi connectivity index (χ4n) is 2.39. The molecule has 17 heavy (non-hydrogen) atoms. The second kappa shape index (κ2) is 7.67. The summed E-state index contributed by atoms with van der Waals surface area (Å²) in [5.41, 5.74) is 0. The molecule has 1 N–H and O–H groups in total. The molecule has 1 heterocycles. The number of carbonyl (C=O) groups is 1. The zero-order valence-electron chi connectivity index (χ0n) is 11.4. The average molecular weight is 242 g/mol. The zero-order chi connectivity index (χ0) is 12.7. The van der Waals surface area contributed by atoms with Gasteiger partial charge in [0.05, 0.1) is 6.61 Å². The highest BCUT2D eigenvalue weighted by Crippen LogP contribution is 2.21. The van der Waals surface area contributed by atoms with Gasteiger partial charge in [-0.25, -0.2) is 0 Å². The van der Waals surface area contributed by atoms with Crippen molar-refractivity contribution in [3.8, 4) is 0 Å². The quantitative estimate of drug-likeness (QED) is 0.762. The van der Waals surface area contributed by atoms with Gasteiger partial charge in [-0.05, 0) is 25.8 Å². The Morgan fingerprint density at radius 1 is 1.53 bits per heavy atom. The van der Waals surface area contributed by atoms with Crippen molar-refractivity contribution < 1.29 is 9.53 Å².